The van der Waals surface area contributed by atoms with Gasteiger partial charge < -0.3 is 10.2 Å². The first kappa shape index (κ1) is 25.4. The number of nitrogens with one attached hydrogen (secondary N) is 1. The van der Waals surface area contributed by atoms with Crippen molar-refractivity contribution in [3.8, 4) is 0 Å². The van der Waals surface area contributed by atoms with Gasteiger partial charge in [-0.15, -0.1) is 0 Å². The van der Waals surface area contributed by atoms with E-state index in [1.54, 1.807) is 24.3 Å². The van der Waals surface area contributed by atoms with E-state index in [0.29, 0.717) is 30.0 Å². The van der Waals surface area contributed by atoms with Crippen molar-refractivity contribution in [2.75, 3.05) is 6.54 Å². The fourth-order valence-electron chi connectivity index (χ4n) is 3.82. The van der Waals surface area contributed by atoms with Gasteiger partial charge in [-0.3, -0.25) is 9.59 Å². The van der Waals surface area contributed by atoms with Gasteiger partial charge in [0, 0.05) is 36.5 Å². The van der Waals surface area contributed by atoms with Crippen LogP contribution in [-0.2, 0) is 29.0 Å². The number of benzene rings is 3. The summed E-state index contributed by atoms with van der Waals surface area (Å²) in [7, 11) is 0. The quantitative estimate of drug-likeness (QED) is 0.389. The van der Waals surface area contributed by atoms with Crippen LogP contribution in [0.1, 0.15) is 36.5 Å². The summed E-state index contributed by atoms with van der Waals surface area (Å²) in [6.45, 7) is 2.48. The third-order valence-electron chi connectivity index (χ3n) is 5.68. The average molecular weight is 481 g/mol. The van der Waals surface area contributed by atoms with Crippen LogP contribution in [0.4, 0.5) is 4.39 Å². The summed E-state index contributed by atoms with van der Waals surface area (Å²) < 4.78 is 14.6. The van der Waals surface area contributed by atoms with E-state index in [1.807, 2.05) is 55.5 Å². The third-order valence-corrected chi connectivity index (χ3v) is 6.05. The molecule has 1 N–H and O–H groups in total. The standard InChI is InChI=1S/C28H30ClFN2O2/c1-2-18-31-28(34)26(19-21-10-4-3-5-11-21)32(20-23-13-7-9-15-25(23)30)27(33)17-16-22-12-6-8-14-24(22)29/h3-15,26H,2,16-20H2,1H3,(H,31,34)/t26-/m0/s1. The van der Waals surface area contributed by atoms with Crippen molar-refractivity contribution >= 4 is 23.4 Å². The summed E-state index contributed by atoms with van der Waals surface area (Å²) in [6, 6.07) is 22.5. The smallest absolute Gasteiger partial charge is 0.243 e. The first-order valence-corrected chi connectivity index (χ1v) is 11.9. The molecule has 2 amide bonds. The molecule has 0 aliphatic carbocycles. The van der Waals surface area contributed by atoms with E-state index in [1.165, 1.54) is 11.0 Å². The van der Waals surface area contributed by atoms with Gasteiger partial charge in [-0.05, 0) is 36.1 Å². The Morgan fingerprint density at radius 1 is 0.941 bits per heavy atom. The molecule has 0 radical (unpaired) electrons. The van der Waals surface area contributed by atoms with E-state index in [9.17, 15) is 14.0 Å². The second-order valence-corrected chi connectivity index (χ2v) is 8.61. The molecular formula is C28H30ClFN2O2. The number of carbonyl (C=O) groups is 2. The van der Waals surface area contributed by atoms with Gasteiger partial charge in [-0.2, -0.15) is 0 Å². The summed E-state index contributed by atoms with van der Waals surface area (Å²) >= 11 is 6.28. The molecule has 0 aliphatic rings. The van der Waals surface area contributed by atoms with Crippen molar-refractivity contribution in [3.63, 3.8) is 0 Å². The number of nitrogens with zero attached hydrogens (tertiary/aromatic N) is 1. The highest BCUT2D eigenvalue weighted by Crippen LogP contribution is 2.20. The van der Waals surface area contributed by atoms with Crippen LogP contribution in [0.5, 0.6) is 0 Å². The van der Waals surface area contributed by atoms with Crippen LogP contribution in [0.2, 0.25) is 5.02 Å². The zero-order chi connectivity index (χ0) is 24.3. The topological polar surface area (TPSA) is 49.4 Å². The number of aryl methyl sites for hydroxylation is 1. The molecule has 0 aliphatic heterocycles. The minimum absolute atomic E-state index is 0.00503. The number of carbonyl (C=O) groups excluding carboxylic acids is 2. The van der Waals surface area contributed by atoms with Crippen LogP contribution >= 0.6 is 11.6 Å². The lowest BCUT2D eigenvalue weighted by Crippen LogP contribution is -2.50. The zero-order valence-electron chi connectivity index (χ0n) is 19.3. The van der Waals surface area contributed by atoms with E-state index in [-0.39, 0.29) is 24.8 Å². The number of hydrogen-bond donors (Lipinski definition) is 1. The number of halogens is 2. The highest BCUT2D eigenvalue weighted by atomic mass is 35.5. The van der Waals surface area contributed by atoms with Gasteiger partial charge in [-0.1, -0.05) is 85.3 Å². The number of rotatable bonds is 11. The lowest BCUT2D eigenvalue weighted by molar-refractivity contribution is -0.141. The molecule has 6 heteroatoms. The Labute approximate surface area is 205 Å². The van der Waals surface area contributed by atoms with Crippen molar-refractivity contribution < 1.29 is 14.0 Å². The number of amides is 2. The maximum atomic E-state index is 14.6. The molecule has 0 bridgehead atoms. The van der Waals surface area contributed by atoms with Crippen LogP contribution < -0.4 is 5.32 Å². The second-order valence-electron chi connectivity index (χ2n) is 8.20. The molecule has 3 aromatic rings. The molecule has 34 heavy (non-hydrogen) atoms. The van der Waals surface area contributed by atoms with Gasteiger partial charge in [0.2, 0.25) is 11.8 Å². The summed E-state index contributed by atoms with van der Waals surface area (Å²) in [5.41, 5.74) is 2.16. The summed E-state index contributed by atoms with van der Waals surface area (Å²) in [6.07, 6.45) is 1.70. The molecule has 4 nitrogen and oxygen atoms in total. The summed E-state index contributed by atoms with van der Waals surface area (Å²) in [5, 5.41) is 3.52. The van der Waals surface area contributed by atoms with Crippen molar-refractivity contribution in [1.82, 2.24) is 10.2 Å². The molecule has 0 heterocycles. The summed E-state index contributed by atoms with van der Waals surface area (Å²) in [5.74, 6) is -0.872. The SMILES string of the molecule is CCCNC(=O)[C@H](Cc1ccccc1)N(Cc1ccccc1F)C(=O)CCc1ccccc1Cl. The Hall–Kier alpha value is -3.18. The van der Waals surface area contributed by atoms with Gasteiger partial charge in [0.15, 0.2) is 0 Å². The molecular weight excluding hydrogens is 451 g/mol. The maximum Gasteiger partial charge on any atom is 0.243 e. The molecule has 0 unspecified atom stereocenters. The lowest BCUT2D eigenvalue weighted by Gasteiger charge is -2.32. The van der Waals surface area contributed by atoms with Crippen molar-refractivity contribution in [2.45, 2.75) is 45.2 Å². The third kappa shape index (κ3) is 7.16. The molecule has 178 valence electrons. The molecule has 0 aromatic heterocycles. The fourth-order valence-corrected chi connectivity index (χ4v) is 4.05. The Balaban J connectivity index is 1.91. The first-order valence-electron chi connectivity index (χ1n) is 11.6. The first-order chi connectivity index (χ1) is 16.5. The van der Waals surface area contributed by atoms with E-state index < -0.39 is 11.9 Å². The molecule has 3 rings (SSSR count). The van der Waals surface area contributed by atoms with Crippen LogP contribution in [0.15, 0.2) is 78.9 Å². The fraction of sp³-hybridized carbons (Fsp3) is 0.286. The van der Waals surface area contributed by atoms with Gasteiger partial charge in [0.05, 0.1) is 0 Å². The lowest BCUT2D eigenvalue weighted by atomic mass is 10.0. The monoisotopic (exact) mass is 480 g/mol. The van der Waals surface area contributed by atoms with Crippen molar-refractivity contribution in [1.29, 1.82) is 0 Å². The highest BCUT2D eigenvalue weighted by Gasteiger charge is 2.30. The van der Waals surface area contributed by atoms with E-state index in [4.69, 9.17) is 11.6 Å². The largest absolute Gasteiger partial charge is 0.354 e. The number of hydrogen-bond acceptors (Lipinski definition) is 2. The zero-order valence-corrected chi connectivity index (χ0v) is 20.1. The molecule has 0 saturated heterocycles. The Bertz CT molecular complexity index is 1090. The van der Waals surface area contributed by atoms with Crippen LogP contribution in [-0.4, -0.2) is 29.3 Å². The van der Waals surface area contributed by atoms with Gasteiger partial charge in [0.25, 0.3) is 0 Å². The van der Waals surface area contributed by atoms with E-state index in [2.05, 4.69) is 5.32 Å². The van der Waals surface area contributed by atoms with Crippen molar-refractivity contribution in [3.05, 3.63) is 106 Å². The van der Waals surface area contributed by atoms with Gasteiger partial charge >= 0.3 is 0 Å². The van der Waals surface area contributed by atoms with Crippen LogP contribution in [0, 0.1) is 5.82 Å². The molecule has 3 aromatic carbocycles. The van der Waals surface area contributed by atoms with Crippen molar-refractivity contribution in [2.24, 2.45) is 0 Å². The normalized spacial score (nSPS) is 11.6. The molecule has 1 atom stereocenters. The predicted octanol–water partition coefficient (Wildman–Crippen LogP) is 5.58. The highest BCUT2D eigenvalue weighted by molar-refractivity contribution is 6.31. The minimum Gasteiger partial charge on any atom is -0.354 e. The molecule has 0 spiro atoms. The molecule has 0 fully saturated rings. The van der Waals surface area contributed by atoms with Crippen LogP contribution in [0.3, 0.4) is 0 Å². The van der Waals surface area contributed by atoms with E-state index in [0.717, 1.165) is 17.5 Å². The Kier molecular flexibility index (Phi) is 9.65. The molecule has 0 saturated carbocycles. The maximum absolute atomic E-state index is 14.6. The van der Waals surface area contributed by atoms with Crippen LogP contribution in [0.25, 0.3) is 0 Å². The summed E-state index contributed by atoms with van der Waals surface area (Å²) in [4.78, 5) is 28.3. The second kappa shape index (κ2) is 12.9. The van der Waals surface area contributed by atoms with E-state index >= 15 is 0 Å². The Morgan fingerprint density at radius 2 is 1.59 bits per heavy atom. The Morgan fingerprint density at radius 3 is 2.26 bits per heavy atom. The van der Waals surface area contributed by atoms with Gasteiger partial charge in [0.1, 0.15) is 11.9 Å². The van der Waals surface area contributed by atoms with Gasteiger partial charge in [-0.25, -0.2) is 4.39 Å². The average Bonchev–Trinajstić information content (AvgIpc) is 2.85. The predicted molar refractivity (Wildman–Crippen MR) is 134 cm³/mol. The minimum atomic E-state index is -0.771.